The van der Waals surface area contributed by atoms with E-state index in [0.29, 0.717) is 5.75 Å². The maximum atomic E-state index is 10.00. The molecule has 0 aliphatic heterocycles. The van der Waals surface area contributed by atoms with Crippen LogP contribution in [-0.2, 0) is 6.42 Å². The van der Waals surface area contributed by atoms with Gasteiger partial charge in [-0.2, -0.15) is 0 Å². The predicted octanol–water partition coefficient (Wildman–Crippen LogP) is 4.74. The van der Waals surface area contributed by atoms with E-state index in [0.717, 1.165) is 23.2 Å². The number of rotatable bonds is 4. The number of aromatic hydroxyl groups is 1. The third kappa shape index (κ3) is 2.96. The van der Waals surface area contributed by atoms with E-state index >= 15 is 0 Å². The van der Waals surface area contributed by atoms with Crippen molar-refractivity contribution in [3.63, 3.8) is 0 Å². The van der Waals surface area contributed by atoms with Crippen molar-refractivity contribution in [1.82, 2.24) is 0 Å². The first-order valence-electron chi connectivity index (χ1n) is 7.17. The van der Waals surface area contributed by atoms with Gasteiger partial charge in [-0.3, -0.25) is 0 Å². The van der Waals surface area contributed by atoms with E-state index in [1.807, 2.05) is 26.0 Å². The van der Waals surface area contributed by atoms with Crippen LogP contribution in [0.3, 0.4) is 0 Å². The molecule has 0 heterocycles. The lowest BCUT2D eigenvalue weighted by Gasteiger charge is -2.19. The molecule has 0 aliphatic carbocycles. The Balaban J connectivity index is 2.18. The van der Waals surface area contributed by atoms with Crippen LogP contribution >= 0.6 is 0 Å². The number of hydrogen-bond acceptors (Lipinski definition) is 2. The van der Waals surface area contributed by atoms with Crippen molar-refractivity contribution in [2.45, 2.75) is 40.2 Å². The Bertz CT molecular complexity index is 587. The fourth-order valence-electron chi connectivity index (χ4n) is 2.35. The van der Waals surface area contributed by atoms with E-state index in [-0.39, 0.29) is 6.04 Å². The van der Waals surface area contributed by atoms with E-state index in [9.17, 15) is 5.11 Å². The summed E-state index contributed by atoms with van der Waals surface area (Å²) in [5.41, 5.74) is 5.40. The second-order valence-electron chi connectivity index (χ2n) is 5.36. The number of hydrogen-bond donors (Lipinski definition) is 2. The number of benzene rings is 2. The number of phenolic OH excluding ortho intramolecular Hbond substituents is 1. The van der Waals surface area contributed by atoms with Crippen molar-refractivity contribution in [2.75, 3.05) is 5.32 Å². The van der Waals surface area contributed by atoms with Crippen LogP contribution < -0.4 is 5.32 Å². The van der Waals surface area contributed by atoms with Crippen molar-refractivity contribution in [2.24, 2.45) is 0 Å². The van der Waals surface area contributed by atoms with Gasteiger partial charge in [-0.25, -0.2) is 0 Å². The Kier molecular flexibility index (Phi) is 4.33. The quantitative estimate of drug-likeness (QED) is 0.840. The van der Waals surface area contributed by atoms with E-state index < -0.39 is 0 Å². The van der Waals surface area contributed by atoms with Gasteiger partial charge in [0.05, 0.1) is 0 Å². The summed E-state index contributed by atoms with van der Waals surface area (Å²) in [4.78, 5) is 0. The normalized spacial score (nSPS) is 12.2. The molecule has 0 bridgehead atoms. The van der Waals surface area contributed by atoms with Crippen LogP contribution in [0.5, 0.6) is 5.75 Å². The lowest BCUT2D eigenvalue weighted by Crippen LogP contribution is -2.08. The second kappa shape index (κ2) is 6.00. The second-order valence-corrected chi connectivity index (χ2v) is 5.36. The lowest BCUT2D eigenvalue weighted by atomic mass is 10.0. The van der Waals surface area contributed by atoms with Gasteiger partial charge in [0, 0.05) is 17.3 Å². The van der Waals surface area contributed by atoms with Gasteiger partial charge in [0.2, 0.25) is 0 Å². The molecule has 2 N–H and O–H groups in total. The van der Waals surface area contributed by atoms with Crippen LogP contribution in [0.15, 0.2) is 36.4 Å². The monoisotopic (exact) mass is 269 g/mol. The fourth-order valence-corrected chi connectivity index (χ4v) is 2.35. The average Bonchev–Trinajstić information content (AvgIpc) is 2.48. The van der Waals surface area contributed by atoms with Crippen molar-refractivity contribution < 1.29 is 5.11 Å². The van der Waals surface area contributed by atoms with Crippen LogP contribution in [0, 0.1) is 13.8 Å². The van der Waals surface area contributed by atoms with Gasteiger partial charge in [-0.05, 0) is 49.9 Å². The molecule has 1 unspecified atom stereocenters. The minimum atomic E-state index is 0.210. The number of phenols is 1. The largest absolute Gasteiger partial charge is 0.507 e. The Morgan fingerprint density at radius 1 is 1.05 bits per heavy atom. The lowest BCUT2D eigenvalue weighted by molar-refractivity contribution is 0.467. The Hall–Kier alpha value is -1.96. The van der Waals surface area contributed by atoms with Gasteiger partial charge < -0.3 is 10.4 Å². The molecular weight excluding hydrogens is 246 g/mol. The zero-order valence-electron chi connectivity index (χ0n) is 12.7. The summed E-state index contributed by atoms with van der Waals surface area (Å²) >= 11 is 0. The third-order valence-electron chi connectivity index (χ3n) is 3.89. The molecule has 1 atom stereocenters. The van der Waals surface area contributed by atoms with Crippen LogP contribution in [0.25, 0.3) is 0 Å². The van der Waals surface area contributed by atoms with Gasteiger partial charge >= 0.3 is 0 Å². The van der Waals surface area contributed by atoms with Gasteiger partial charge in [-0.15, -0.1) is 0 Å². The summed E-state index contributed by atoms with van der Waals surface area (Å²) in [6.45, 7) is 8.16. The molecule has 0 radical (unpaired) electrons. The van der Waals surface area contributed by atoms with E-state index in [2.05, 4.69) is 43.4 Å². The number of aryl methyl sites for hydroxylation is 2. The maximum absolute atomic E-state index is 10.00. The smallest absolute Gasteiger partial charge is 0.123 e. The summed E-state index contributed by atoms with van der Waals surface area (Å²) in [5.74, 6) is 0.378. The van der Waals surface area contributed by atoms with Crippen LogP contribution in [-0.4, -0.2) is 5.11 Å². The van der Waals surface area contributed by atoms with Gasteiger partial charge in [0.25, 0.3) is 0 Å². The van der Waals surface area contributed by atoms with Gasteiger partial charge in [0.1, 0.15) is 5.75 Å². The highest BCUT2D eigenvalue weighted by atomic mass is 16.3. The van der Waals surface area contributed by atoms with E-state index in [4.69, 9.17) is 0 Å². The first-order valence-corrected chi connectivity index (χ1v) is 7.17. The van der Waals surface area contributed by atoms with E-state index in [1.54, 1.807) is 0 Å². The highest BCUT2D eigenvalue weighted by Crippen LogP contribution is 2.30. The summed E-state index contributed by atoms with van der Waals surface area (Å²) in [7, 11) is 0. The Morgan fingerprint density at radius 3 is 2.30 bits per heavy atom. The molecule has 0 spiro atoms. The summed E-state index contributed by atoms with van der Waals surface area (Å²) in [6.07, 6.45) is 1.06. The van der Waals surface area contributed by atoms with Crippen molar-refractivity contribution in [3.05, 3.63) is 58.7 Å². The number of nitrogens with one attached hydrogen (secondary N) is 1. The topological polar surface area (TPSA) is 32.3 Å². The molecule has 2 rings (SSSR count). The molecule has 2 nitrogen and oxygen atoms in total. The molecule has 0 fully saturated rings. The number of anilines is 1. The SMILES string of the molecule is CCc1ccc(C(C)Nc2ccc(C)c(O)c2C)cc1. The molecule has 0 amide bonds. The molecule has 0 saturated heterocycles. The molecule has 2 heteroatoms. The standard InChI is InChI=1S/C18H23NO/c1-5-15-7-9-16(10-8-15)14(4)19-17-11-6-12(2)18(20)13(17)3/h6-11,14,19-20H,5H2,1-4H3. The van der Waals surface area contributed by atoms with Crippen molar-refractivity contribution in [3.8, 4) is 5.75 Å². The van der Waals surface area contributed by atoms with Gasteiger partial charge in [0.15, 0.2) is 0 Å². The Morgan fingerprint density at radius 2 is 1.70 bits per heavy atom. The van der Waals surface area contributed by atoms with Crippen molar-refractivity contribution >= 4 is 5.69 Å². The summed E-state index contributed by atoms with van der Waals surface area (Å²) in [5, 5.41) is 13.5. The van der Waals surface area contributed by atoms with Crippen LogP contribution in [0.1, 0.15) is 42.1 Å². The fraction of sp³-hybridized carbons (Fsp3) is 0.333. The predicted molar refractivity (Wildman–Crippen MR) is 85.4 cm³/mol. The molecule has 2 aromatic rings. The highest BCUT2D eigenvalue weighted by molar-refractivity contribution is 5.59. The zero-order valence-corrected chi connectivity index (χ0v) is 12.7. The summed E-state index contributed by atoms with van der Waals surface area (Å²) < 4.78 is 0. The molecule has 0 saturated carbocycles. The molecule has 106 valence electrons. The molecular formula is C18H23NO. The van der Waals surface area contributed by atoms with Crippen molar-refractivity contribution in [1.29, 1.82) is 0 Å². The molecule has 0 aromatic heterocycles. The first kappa shape index (κ1) is 14.4. The van der Waals surface area contributed by atoms with Crippen LogP contribution in [0.4, 0.5) is 5.69 Å². The average molecular weight is 269 g/mol. The van der Waals surface area contributed by atoms with Gasteiger partial charge in [-0.1, -0.05) is 37.3 Å². The maximum Gasteiger partial charge on any atom is 0.123 e. The summed E-state index contributed by atoms with van der Waals surface area (Å²) in [6, 6.07) is 12.9. The Labute approximate surface area is 121 Å². The molecule has 0 aliphatic rings. The third-order valence-corrected chi connectivity index (χ3v) is 3.89. The zero-order chi connectivity index (χ0) is 14.7. The first-order chi connectivity index (χ1) is 9.52. The van der Waals surface area contributed by atoms with E-state index in [1.165, 1.54) is 11.1 Å². The minimum absolute atomic E-state index is 0.210. The van der Waals surface area contributed by atoms with Crippen LogP contribution in [0.2, 0.25) is 0 Å². The minimum Gasteiger partial charge on any atom is -0.507 e. The molecule has 2 aromatic carbocycles. The molecule has 20 heavy (non-hydrogen) atoms. The highest BCUT2D eigenvalue weighted by Gasteiger charge is 2.10.